The Kier molecular flexibility index (Phi) is 5.24. The van der Waals surface area contributed by atoms with E-state index >= 15 is 0 Å². The summed E-state index contributed by atoms with van der Waals surface area (Å²) in [5, 5.41) is 0.726. The van der Waals surface area contributed by atoms with Crippen LogP contribution in [0.5, 0.6) is 0 Å². The molecule has 0 fully saturated rings. The van der Waals surface area contributed by atoms with E-state index < -0.39 is 0 Å². The predicted molar refractivity (Wildman–Crippen MR) is 69.2 cm³/mol. The van der Waals surface area contributed by atoms with Crippen LogP contribution in [0.15, 0.2) is 22.7 Å². The van der Waals surface area contributed by atoms with Crippen LogP contribution in [0.2, 0.25) is 5.02 Å². The van der Waals surface area contributed by atoms with E-state index in [1.807, 2.05) is 6.07 Å². The average molecular weight is 304 g/mol. The highest BCUT2D eigenvalue weighted by Crippen LogP contribution is 2.18. The summed E-state index contributed by atoms with van der Waals surface area (Å²) < 4.78 is 0.901. The second-order valence-electron chi connectivity index (χ2n) is 2.74. The zero-order valence-corrected chi connectivity index (χ0v) is 11.2. The maximum absolute atomic E-state index is 10.6. The van der Waals surface area contributed by atoms with Gasteiger partial charge in [0.15, 0.2) is 5.12 Å². The van der Waals surface area contributed by atoms with E-state index in [1.165, 1.54) is 18.7 Å². The van der Waals surface area contributed by atoms with Crippen molar-refractivity contribution < 1.29 is 4.79 Å². The summed E-state index contributed by atoms with van der Waals surface area (Å²) in [6, 6.07) is 5.48. The number of carbonyl (C=O) groups excluding carboxylic acids is 1. The van der Waals surface area contributed by atoms with Crippen LogP contribution in [0.25, 0.3) is 0 Å². The van der Waals surface area contributed by atoms with Crippen molar-refractivity contribution >= 4 is 44.4 Å². The zero-order chi connectivity index (χ0) is 11.3. The minimum atomic E-state index is 0.0802. The summed E-state index contributed by atoms with van der Waals surface area (Å²) in [5.41, 5.74) is 0.846. The van der Waals surface area contributed by atoms with E-state index in [1.54, 1.807) is 12.1 Å². The Morgan fingerprint density at radius 1 is 1.53 bits per heavy atom. The van der Waals surface area contributed by atoms with Crippen LogP contribution >= 0.6 is 39.3 Å². The Bertz CT molecular complexity index is 414. The first-order valence-corrected chi connectivity index (χ1v) is 6.32. The summed E-state index contributed by atoms with van der Waals surface area (Å²) in [4.78, 5) is 10.6. The van der Waals surface area contributed by atoms with E-state index in [-0.39, 0.29) is 5.12 Å². The van der Waals surface area contributed by atoms with E-state index in [4.69, 9.17) is 11.6 Å². The fourth-order valence-electron chi connectivity index (χ4n) is 0.902. The number of carbonyl (C=O) groups is 1. The molecule has 0 N–H and O–H groups in total. The Morgan fingerprint density at radius 2 is 2.27 bits per heavy atom. The highest BCUT2D eigenvalue weighted by Gasteiger charge is 1.94. The molecule has 0 heterocycles. The molecule has 1 aromatic carbocycles. The van der Waals surface area contributed by atoms with Crippen LogP contribution in [0, 0.1) is 11.8 Å². The second-order valence-corrected chi connectivity index (χ2v) is 5.24. The van der Waals surface area contributed by atoms with Gasteiger partial charge < -0.3 is 0 Å². The molecule has 0 aliphatic rings. The molecule has 0 unspecified atom stereocenters. The van der Waals surface area contributed by atoms with E-state index in [0.717, 1.165) is 10.0 Å². The van der Waals surface area contributed by atoms with Gasteiger partial charge in [0, 0.05) is 22.0 Å². The van der Waals surface area contributed by atoms with Gasteiger partial charge in [0.05, 0.1) is 5.75 Å². The average Bonchev–Trinajstić information content (AvgIpc) is 2.10. The van der Waals surface area contributed by atoms with Gasteiger partial charge in [-0.25, -0.2) is 0 Å². The first kappa shape index (κ1) is 12.6. The molecule has 0 bridgehead atoms. The lowest BCUT2D eigenvalue weighted by Gasteiger charge is -1.94. The van der Waals surface area contributed by atoms with Crippen LogP contribution in [0.3, 0.4) is 0 Å². The van der Waals surface area contributed by atoms with Gasteiger partial charge >= 0.3 is 0 Å². The molecule has 0 atom stereocenters. The summed E-state index contributed by atoms with van der Waals surface area (Å²) in [6.07, 6.45) is 0. The molecule has 1 aromatic rings. The van der Waals surface area contributed by atoms with Gasteiger partial charge in [-0.3, -0.25) is 4.79 Å². The number of benzene rings is 1. The third-order valence-corrected chi connectivity index (χ3v) is 2.81. The molecule has 4 heteroatoms. The van der Waals surface area contributed by atoms with E-state index in [0.29, 0.717) is 10.8 Å². The summed E-state index contributed by atoms with van der Waals surface area (Å²) >= 11 is 10.4. The monoisotopic (exact) mass is 302 g/mol. The third-order valence-electron chi connectivity index (χ3n) is 1.44. The van der Waals surface area contributed by atoms with Crippen molar-refractivity contribution in [1.29, 1.82) is 0 Å². The van der Waals surface area contributed by atoms with Gasteiger partial charge in [-0.2, -0.15) is 0 Å². The van der Waals surface area contributed by atoms with Crippen molar-refractivity contribution in [3.05, 3.63) is 33.3 Å². The molecule has 1 rings (SSSR count). The molecule has 0 spiro atoms. The Balaban J connectivity index is 2.67. The lowest BCUT2D eigenvalue weighted by molar-refractivity contribution is -0.109. The fourth-order valence-corrected chi connectivity index (χ4v) is 2.11. The topological polar surface area (TPSA) is 17.1 Å². The second kappa shape index (κ2) is 6.22. The van der Waals surface area contributed by atoms with Crippen molar-refractivity contribution in [2.45, 2.75) is 6.92 Å². The molecule has 1 nitrogen and oxygen atoms in total. The number of thioether (sulfide) groups is 1. The summed E-state index contributed by atoms with van der Waals surface area (Å²) in [7, 11) is 0. The predicted octanol–water partition coefficient (Wildman–Crippen LogP) is 3.73. The van der Waals surface area contributed by atoms with Gasteiger partial charge in [-0.15, -0.1) is 0 Å². The number of halogens is 2. The number of rotatable bonds is 1. The van der Waals surface area contributed by atoms with Crippen molar-refractivity contribution in [3.63, 3.8) is 0 Å². The zero-order valence-electron chi connectivity index (χ0n) is 8.01. The van der Waals surface area contributed by atoms with Gasteiger partial charge in [0.1, 0.15) is 0 Å². The SMILES string of the molecule is CC(=O)SCC#Cc1cc(Cl)cc(Br)c1. The molecule has 15 heavy (non-hydrogen) atoms. The normalized spacial score (nSPS) is 9.27. The summed E-state index contributed by atoms with van der Waals surface area (Å²) in [5.74, 6) is 6.36. The van der Waals surface area contributed by atoms with Gasteiger partial charge in [0.25, 0.3) is 0 Å². The molecule has 0 aliphatic heterocycles. The molecular weight excluding hydrogens is 296 g/mol. The van der Waals surface area contributed by atoms with E-state index in [9.17, 15) is 4.79 Å². The Hall–Kier alpha value is -0.430. The maximum Gasteiger partial charge on any atom is 0.186 e. The van der Waals surface area contributed by atoms with Gasteiger partial charge in [-0.05, 0) is 18.2 Å². The molecule has 0 saturated heterocycles. The van der Waals surface area contributed by atoms with Gasteiger partial charge in [-0.1, -0.05) is 51.1 Å². The van der Waals surface area contributed by atoms with Crippen molar-refractivity contribution in [3.8, 4) is 11.8 Å². The minimum absolute atomic E-state index is 0.0802. The molecule has 0 saturated carbocycles. The van der Waals surface area contributed by atoms with Crippen LogP contribution in [-0.2, 0) is 4.79 Å². The lowest BCUT2D eigenvalue weighted by Crippen LogP contribution is -1.82. The van der Waals surface area contributed by atoms with Crippen molar-refractivity contribution in [2.24, 2.45) is 0 Å². The highest BCUT2D eigenvalue weighted by atomic mass is 79.9. The van der Waals surface area contributed by atoms with E-state index in [2.05, 4.69) is 27.8 Å². The molecule has 78 valence electrons. The van der Waals surface area contributed by atoms with Crippen LogP contribution in [-0.4, -0.2) is 10.9 Å². The van der Waals surface area contributed by atoms with Gasteiger partial charge in [0.2, 0.25) is 0 Å². The van der Waals surface area contributed by atoms with Crippen LogP contribution in [0.4, 0.5) is 0 Å². The largest absolute Gasteiger partial charge is 0.288 e. The minimum Gasteiger partial charge on any atom is -0.288 e. The third kappa shape index (κ3) is 5.27. The fraction of sp³-hybridized carbons (Fsp3) is 0.182. The molecular formula is C11H8BrClOS. The standard InChI is InChI=1S/C11H8BrClOS/c1-8(14)15-4-2-3-9-5-10(12)7-11(13)6-9/h5-7H,4H2,1H3. The van der Waals surface area contributed by atoms with Crippen molar-refractivity contribution in [1.82, 2.24) is 0 Å². The number of hydrogen-bond acceptors (Lipinski definition) is 2. The first-order valence-electron chi connectivity index (χ1n) is 4.16. The molecule has 0 amide bonds. The Morgan fingerprint density at radius 3 is 2.87 bits per heavy atom. The summed E-state index contributed by atoms with van der Waals surface area (Å²) in [6.45, 7) is 1.53. The quantitative estimate of drug-likeness (QED) is 0.735. The maximum atomic E-state index is 10.6. The molecule has 0 aliphatic carbocycles. The lowest BCUT2D eigenvalue weighted by atomic mass is 10.2. The molecule has 0 aromatic heterocycles. The first-order chi connectivity index (χ1) is 7.08. The van der Waals surface area contributed by atoms with Crippen LogP contribution < -0.4 is 0 Å². The number of hydrogen-bond donors (Lipinski definition) is 0. The van der Waals surface area contributed by atoms with Crippen LogP contribution in [0.1, 0.15) is 12.5 Å². The molecule has 0 radical (unpaired) electrons. The smallest absolute Gasteiger partial charge is 0.186 e. The van der Waals surface area contributed by atoms with Crippen molar-refractivity contribution in [2.75, 3.05) is 5.75 Å². The highest BCUT2D eigenvalue weighted by molar-refractivity contribution is 9.10. The Labute approximate surface area is 107 Å².